The van der Waals surface area contributed by atoms with Gasteiger partial charge >= 0.3 is 6.03 Å². The maximum atomic E-state index is 11.9. The Hall–Kier alpha value is -1.75. The summed E-state index contributed by atoms with van der Waals surface area (Å²) in [4.78, 5) is 11.9. The summed E-state index contributed by atoms with van der Waals surface area (Å²) >= 11 is 0. The van der Waals surface area contributed by atoms with E-state index in [1.165, 1.54) is 12.8 Å². The van der Waals surface area contributed by atoms with Crippen LogP contribution in [-0.4, -0.2) is 25.7 Å². The van der Waals surface area contributed by atoms with Crippen LogP contribution in [0.2, 0.25) is 0 Å². The second-order valence-electron chi connectivity index (χ2n) is 5.24. The second kappa shape index (κ2) is 7.14. The number of rotatable bonds is 4. The van der Waals surface area contributed by atoms with Gasteiger partial charge in [-0.15, -0.1) is 0 Å². The van der Waals surface area contributed by atoms with Crippen molar-refractivity contribution < 1.29 is 9.53 Å². The number of hydrogen-bond acceptors (Lipinski definition) is 3. The fourth-order valence-corrected chi connectivity index (χ4v) is 2.63. The van der Waals surface area contributed by atoms with E-state index in [2.05, 4.69) is 10.6 Å². The third-order valence-electron chi connectivity index (χ3n) is 3.85. The average Bonchev–Trinajstić information content (AvgIpc) is 2.47. The monoisotopic (exact) mass is 277 g/mol. The van der Waals surface area contributed by atoms with Crippen molar-refractivity contribution in [2.75, 3.05) is 19.0 Å². The van der Waals surface area contributed by atoms with Crippen molar-refractivity contribution in [2.24, 2.45) is 11.7 Å². The van der Waals surface area contributed by atoms with Crippen LogP contribution < -0.4 is 21.1 Å². The van der Waals surface area contributed by atoms with Crippen molar-refractivity contribution in [2.45, 2.75) is 31.7 Å². The van der Waals surface area contributed by atoms with Crippen molar-refractivity contribution in [3.05, 3.63) is 24.3 Å². The van der Waals surface area contributed by atoms with Crippen LogP contribution in [0.4, 0.5) is 10.5 Å². The van der Waals surface area contributed by atoms with Crippen LogP contribution in [0.25, 0.3) is 0 Å². The molecule has 0 saturated heterocycles. The molecule has 2 atom stereocenters. The van der Waals surface area contributed by atoms with Crippen molar-refractivity contribution in [1.29, 1.82) is 0 Å². The number of hydrogen-bond donors (Lipinski definition) is 3. The normalized spacial score (nSPS) is 22.1. The summed E-state index contributed by atoms with van der Waals surface area (Å²) in [5, 5.41) is 5.70. The van der Waals surface area contributed by atoms with Crippen molar-refractivity contribution in [1.82, 2.24) is 5.32 Å². The van der Waals surface area contributed by atoms with E-state index in [1.54, 1.807) is 7.11 Å². The number of anilines is 1. The van der Waals surface area contributed by atoms with Gasteiger partial charge in [0.15, 0.2) is 0 Å². The molecule has 0 aromatic heterocycles. The van der Waals surface area contributed by atoms with E-state index in [0.717, 1.165) is 12.8 Å². The predicted octanol–water partition coefficient (Wildman–Crippen LogP) is 2.33. The van der Waals surface area contributed by atoms with Crippen molar-refractivity contribution in [3.8, 4) is 5.75 Å². The smallest absolute Gasteiger partial charge is 0.319 e. The van der Waals surface area contributed by atoms with Crippen LogP contribution in [0, 0.1) is 5.92 Å². The maximum absolute atomic E-state index is 11.9. The molecule has 5 heteroatoms. The van der Waals surface area contributed by atoms with Crippen LogP contribution in [-0.2, 0) is 0 Å². The Balaban J connectivity index is 1.83. The molecule has 0 spiro atoms. The van der Waals surface area contributed by atoms with Gasteiger partial charge in [-0.25, -0.2) is 4.79 Å². The van der Waals surface area contributed by atoms with Gasteiger partial charge in [-0.2, -0.15) is 0 Å². The van der Waals surface area contributed by atoms with Gasteiger partial charge in [0.25, 0.3) is 0 Å². The summed E-state index contributed by atoms with van der Waals surface area (Å²) in [5.41, 5.74) is 6.74. The van der Waals surface area contributed by atoms with Crippen LogP contribution >= 0.6 is 0 Å². The molecule has 1 saturated carbocycles. The topological polar surface area (TPSA) is 76.4 Å². The molecule has 2 amide bonds. The number of nitrogens with two attached hydrogens (primary N) is 1. The summed E-state index contributed by atoms with van der Waals surface area (Å²) in [6, 6.07) is 7.33. The molecule has 5 nitrogen and oxygen atoms in total. The van der Waals surface area contributed by atoms with E-state index in [4.69, 9.17) is 10.5 Å². The molecular formula is C15H23N3O2. The van der Waals surface area contributed by atoms with E-state index in [-0.39, 0.29) is 12.1 Å². The number of methoxy groups -OCH3 is 1. The Bertz CT molecular complexity index is 450. The lowest BCUT2D eigenvalue weighted by Crippen LogP contribution is -2.42. The molecule has 1 aliphatic carbocycles. The first kappa shape index (κ1) is 14.7. The second-order valence-corrected chi connectivity index (χ2v) is 5.24. The predicted molar refractivity (Wildman–Crippen MR) is 79.9 cm³/mol. The molecule has 2 rings (SSSR count). The van der Waals surface area contributed by atoms with Crippen molar-refractivity contribution in [3.63, 3.8) is 0 Å². The van der Waals surface area contributed by atoms with E-state index in [0.29, 0.717) is 23.9 Å². The number of carbonyl (C=O) groups excluding carboxylic acids is 1. The number of nitrogens with one attached hydrogen (secondary N) is 2. The summed E-state index contributed by atoms with van der Waals surface area (Å²) in [7, 11) is 1.58. The minimum Gasteiger partial charge on any atom is -0.495 e. The zero-order valence-corrected chi connectivity index (χ0v) is 11.9. The van der Waals surface area contributed by atoms with Crippen molar-refractivity contribution >= 4 is 11.7 Å². The summed E-state index contributed by atoms with van der Waals surface area (Å²) in [6.07, 6.45) is 4.55. The van der Waals surface area contributed by atoms with Crippen LogP contribution in [0.5, 0.6) is 5.75 Å². The molecule has 4 N–H and O–H groups in total. The maximum Gasteiger partial charge on any atom is 0.319 e. The molecule has 0 bridgehead atoms. The Kier molecular flexibility index (Phi) is 5.24. The third kappa shape index (κ3) is 3.87. The molecule has 0 aliphatic heterocycles. The highest BCUT2D eigenvalue weighted by Gasteiger charge is 2.22. The highest BCUT2D eigenvalue weighted by molar-refractivity contribution is 5.90. The van der Waals surface area contributed by atoms with Gasteiger partial charge in [-0.05, 0) is 30.9 Å². The van der Waals surface area contributed by atoms with E-state index < -0.39 is 0 Å². The largest absolute Gasteiger partial charge is 0.495 e. The lowest BCUT2D eigenvalue weighted by molar-refractivity contribution is 0.244. The number of carbonyl (C=O) groups is 1. The summed E-state index contributed by atoms with van der Waals surface area (Å²) < 4.78 is 5.20. The molecule has 1 aliphatic rings. The van der Waals surface area contributed by atoms with Crippen LogP contribution in [0.3, 0.4) is 0 Å². The lowest BCUT2D eigenvalue weighted by atomic mass is 9.85. The van der Waals surface area contributed by atoms with Gasteiger partial charge in [0.1, 0.15) is 5.75 Å². The third-order valence-corrected chi connectivity index (χ3v) is 3.85. The quantitative estimate of drug-likeness (QED) is 0.790. The number of amides is 2. The molecule has 0 heterocycles. The van der Waals surface area contributed by atoms with Gasteiger partial charge in [-0.3, -0.25) is 0 Å². The Morgan fingerprint density at radius 2 is 2.10 bits per heavy atom. The molecule has 1 aromatic rings. The highest BCUT2D eigenvalue weighted by atomic mass is 16.5. The summed E-state index contributed by atoms with van der Waals surface area (Å²) in [6.45, 7) is 0.627. The number of benzene rings is 1. The number of urea groups is 1. The lowest BCUT2D eigenvalue weighted by Gasteiger charge is -2.28. The molecular weight excluding hydrogens is 254 g/mol. The highest BCUT2D eigenvalue weighted by Crippen LogP contribution is 2.24. The first-order valence-electron chi connectivity index (χ1n) is 7.14. The molecule has 1 fully saturated rings. The fourth-order valence-electron chi connectivity index (χ4n) is 2.63. The molecule has 0 radical (unpaired) electrons. The molecule has 20 heavy (non-hydrogen) atoms. The van der Waals surface area contributed by atoms with Gasteiger partial charge in [0, 0.05) is 12.6 Å². The Morgan fingerprint density at radius 1 is 1.35 bits per heavy atom. The first-order valence-corrected chi connectivity index (χ1v) is 7.14. The zero-order valence-electron chi connectivity index (χ0n) is 11.9. The fraction of sp³-hybridized carbons (Fsp3) is 0.533. The van der Waals surface area contributed by atoms with E-state index >= 15 is 0 Å². The minimum absolute atomic E-state index is 0.204. The Morgan fingerprint density at radius 3 is 2.85 bits per heavy atom. The molecule has 1 aromatic carbocycles. The first-order chi connectivity index (χ1) is 9.70. The van der Waals surface area contributed by atoms with Gasteiger partial charge < -0.3 is 21.1 Å². The van der Waals surface area contributed by atoms with Crippen LogP contribution in [0.15, 0.2) is 24.3 Å². The summed E-state index contributed by atoms with van der Waals surface area (Å²) in [5.74, 6) is 1.03. The number of ether oxygens (including phenoxy) is 1. The molecule has 2 unspecified atom stereocenters. The standard InChI is InChI=1S/C15H23N3O2/c1-20-14-9-5-4-8-13(14)18-15(19)17-10-11-6-2-3-7-12(11)16/h4-5,8-9,11-12H,2-3,6-7,10,16H2,1H3,(H2,17,18,19). The molecule has 110 valence electrons. The van der Waals surface area contributed by atoms with Gasteiger partial charge in [0.05, 0.1) is 12.8 Å². The van der Waals surface area contributed by atoms with Crippen LogP contribution in [0.1, 0.15) is 25.7 Å². The SMILES string of the molecule is COc1ccccc1NC(=O)NCC1CCCCC1N. The van der Waals surface area contributed by atoms with Gasteiger partial charge in [0.2, 0.25) is 0 Å². The zero-order chi connectivity index (χ0) is 14.4. The van der Waals surface area contributed by atoms with E-state index in [9.17, 15) is 4.79 Å². The van der Waals surface area contributed by atoms with Gasteiger partial charge in [-0.1, -0.05) is 25.0 Å². The minimum atomic E-state index is -0.215. The van der Waals surface area contributed by atoms with E-state index in [1.807, 2.05) is 24.3 Å². The number of para-hydroxylation sites is 2. The average molecular weight is 277 g/mol. The Labute approximate surface area is 119 Å².